The van der Waals surface area contributed by atoms with Crippen LogP contribution in [0.15, 0.2) is 27.9 Å². The lowest BCUT2D eigenvalue weighted by Crippen LogP contribution is -2.13. The van der Waals surface area contributed by atoms with Gasteiger partial charge in [0.15, 0.2) is 9.47 Å². The van der Waals surface area contributed by atoms with Gasteiger partial charge in [-0.25, -0.2) is 9.78 Å². The fourth-order valence-corrected chi connectivity index (χ4v) is 4.59. The van der Waals surface area contributed by atoms with Gasteiger partial charge < -0.3 is 19.5 Å². The maximum atomic E-state index is 12.3. The van der Waals surface area contributed by atoms with Gasteiger partial charge in [-0.2, -0.15) is 0 Å². The Hall–Kier alpha value is -2.90. The molecule has 0 fully saturated rings. The van der Waals surface area contributed by atoms with Crippen LogP contribution in [0.25, 0.3) is 11.3 Å². The van der Waals surface area contributed by atoms with Crippen LogP contribution in [-0.4, -0.2) is 53.8 Å². The molecule has 164 valence electrons. The minimum atomic E-state index is -0.597. The van der Waals surface area contributed by atoms with E-state index >= 15 is 0 Å². The van der Waals surface area contributed by atoms with Gasteiger partial charge in [0.2, 0.25) is 11.0 Å². The van der Waals surface area contributed by atoms with E-state index < -0.39 is 6.09 Å². The largest absolute Gasteiger partial charge is 0.497 e. The van der Waals surface area contributed by atoms with Crippen LogP contribution in [-0.2, 0) is 9.53 Å². The van der Waals surface area contributed by atoms with Crippen LogP contribution in [0.1, 0.15) is 6.92 Å². The summed E-state index contributed by atoms with van der Waals surface area (Å²) in [5, 5.41) is 15.6. The normalized spacial score (nSPS) is 10.4. The molecular weight excluding hydrogens is 462 g/mol. The number of ether oxygens (including phenoxy) is 3. The van der Waals surface area contributed by atoms with Crippen molar-refractivity contribution in [3.05, 3.63) is 23.6 Å². The van der Waals surface area contributed by atoms with E-state index in [1.807, 2.05) is 11.4 Å². The van der Waals surface area contributed by atoms with E-state index in [0.717, 1.165) is 16.9 Å². The van der Waals surface area contributed by atoms with Gasteiger partial charge in [-0.3, -0.25) is 10.1 Å². The van der Waals surface area contributed by atoms with Crippen LogP contribution in [0.3, 0.4) is 0 Å². The van der Waals surface area contributed by atoms with E-state index in [-0.39, 0.29) is 18.3 Å². The minimum absolute atomic E-state index is 0.117. The second-order valence-corrected chi connectivity index (χ2v) is 8.72. The van der Waals surface area contributed by atoms with Gasteiger partial charge in [-0.15, -0.1) is 21.5 Å². The Labute approximate surface area is 190 Å². The van der Waals surface area contributed by atoms with E-state index in [9.17, 15) is 9.59 Å². The summed E-state index contributed by atoms with van der Waals surface area (Å²) < 4.78 is 16.0. The van der Waals surface area contributed by atoms with Crippen LogP contribution < -0.4 is 20.1 Å². The van der Waals surface area contributed by atoms with Gasteiger partial charge in [-0.05, 0) is 25.1 Å². The maximum absolute atomic E-state index is 12.3. The Balaban J connectivity index is 1.56. The first-order valence-electron chi connectivity index (χ1n) is 8.90. The SMILES string of the molecule is CCOC(=O)Nc1nnc(SCC(=O)Nc2nc(-c3cc(OC)ccc3OC)cs2)s1. The first kappa shape index (κ1) is 22.8. The molecule has 0 spiro atoms. The van der Waals surface area contributed by atoms with Crippen LogP contribution >= 0.6 is 34.4 Å². The molecule has 0 unspecified atom stereocenters. The van der Waals surface area contributed by atoms with E-state index in [1.54, 1.807) is 33.3 Å². The zero-order chi connectivity index (χ0) is 22.2. The third-order valence-electron chi connectivity index (χ3n) is 3.65. The Kier molecular flexibility index (Phi) is 8.03. The molecule has 0 atom stereocenters. The van der Waals surface area contributed by atoms with Gasteiger partial charge in [0.1, 0.15) is 11.5 Å². The highest BCUT2D eigenvalue weighted by molar-refractivity contribution is 8.01. The number of carbonyl (C=O) groups is 2. The van der Waals surface area contributed by atoms with Crippen molar-refractivity contribution in [2.75, 3.05) is 37.2 Å². The number of anilines is 2. The number of nitrogens with one attached hydrogen (secondary N) is 2. The molecule has 0 bridgehead atoms. The van der Waals surface area contributed by atoms with Gasteiger partial charge in [0.25, 0.3) is 0 Å². The number of methoxy groups -OCH3 is 2. The molecule has 0 radical (unpaired) electrons. The van der Waals surface area contributed by atoms with Gasteiger partial charge >= 0.3 is 6.09 Å². The molecule has 0 saturated carbocycles. The number of hydrogen-bond acceptors (Lipinski definition) is 11. The highest BCUT2D eigenvalue weighted by Gasteiger charge is 2.14. The highest BCUT2D eigenvalue weighted by atomic mass is 32.2. The summed E-state index contributed by atoms with van der Waals surface area (Å²) in [6, 6.07) is 5.43. The van der Waals surface area contributed by atoms with Crippen molar-refractivity contribution in [1.82, 2.24) is 15.2 Å². The zero-order valence-corrected chi connectivity index (χ0v) is 19.3. The number of thioether (sulfide) groups is 1. The van der Waals surface area contributed by atoms with Crippen molar-refractivity contribution in [2.45, 2.75) is 11.3 Å². The molecular formula is C18H19N5O5S3. The number of benzene rings is 1. The van der Waals surface area contributed by atoms with Crippen LogP contribution in [0.4, 0.5) is 15.1 Å². The second kappa shape index (κ2) is 10.9. The molecule has 2 aromatic heterocycles. The molecule has 0 aliphatic heterocycles. The summed E-state index contributed by atoms with van der Waals surface area (Å²) in [6.07, 6.45) is -0.597. The number of rotatable bonds is 9. The highest BCUT2D eigenvalue weighted by Crippen LogP contribution is 2.35. The van der Waals surface area contributed by atoms with E-state index in [0.29, 0.717) is 31.8 Å². The lowest BCUT2D eigenvalue weighted by molar-refractivity contribution is -0.113. The molecule has 2 heterocycles. The molecule has 3 rings (SSSR count). The van der Waals surface area contributed by atoms with Gasteiger partial charge in [-0.1, -0.05) is 23.1 Å². The molecule has 2 N–H and O–H groups in total. The average Bonchev–Trinajstić information content (AvgIpc) is 3.41. The lowest BCUT2D eigenvalue weighted by Gasteiger charge is -2.08. The first-order chi connectivity index (χ1) is 15.0. The smallest absolute Gasteiger partial charge is 0.413 e. The van der Waals surface area contributed by atoms with E-state index in [4.69, 9.17) is 14.2 Å². The van der Waals surface area contributed by atoms with Gasteiger partial charge in [0.05, 0.1) is 32.3 Å². The van der Waals surface area contributed by atoms with Crippen molar-refractivity contribution in [3.8, 4) is 22.8 Å². The summed E-state index contributed by atoms with van der Waals surface area (Å²) >= 11 is 3.67. The van der Waals surface area contributed by atoms with Crippen molar-refractivity contribution in [1.29, 1.82) is 0 Å². The molecule has 3 aromatic rings. The molecule has 1 aromatic carbocycles. The number of carbonyl (C=O) groups excluding carboxylic acids is 2. The summed E-state index contributed by atoms with van der Waals surface area (Å²) in [7, 11) is 3.17. The zero-order valence-electron chi connectivity index (χ0n) is 16.8. The topological polar surface area (TPSA) is 125 Å². The average molecular weight is 482 g/mol. The molecule has 31 heavy (non-hydrogen) atoms. The molecule has 13 heteroatoms. The van der Waals surface area contributed by atoms with Crippen LogP contribution in [0.2, 0.25) is 0 Å². The first-order valence-corrected chi connectivity index (χ1v) is 11.6. The Morgan fingerprint density at radius 1 is 1.13 bits per heavy atom. The Morgan fingerprint density at radius 3 is 2.71 bits per heavy atom. The monoisotopic (exact) mass is 481 g/mol. The van der Waals surface area contributed by atoms with Gasteiger partial charge in [0, 0.05) is 10.9 Å². The number of nitrogens with zero attached hydrogens (tertiary/aromatic N) is 3. The Morgan fingerprint density at radius 2 is 1.97 bits per heavy atom. The maximum Gasteiger partial charge on any atom is 0.413 e. The van der Waals surface area contributed by atoms with Crippen molar-refractivity contribution in [2.24, 2.45) is 0 Å². The third-order valence-corrected chi connectivity index (χ3v) is 6.38. The summed E-state index contributed by atoms with van der Waals surface area (Å²) in [5.74, 6) is 1.21. The number of amides is 2. The fourth-order valence-electron chi connectivity index (χ4n) is 2.32. The molecule has 0 aliphatic carbocycles. The molecule has 2 amide bonds. The van der Waals surface area contributed by atoms with Crippen molar-refractivity contribution in [3.63, 3.8) is 0 Å². The van der Waals surface area contributed by atoms with Crippen molar-refractivity contribution < 1.29 is 23.8 Å². The number of thiazole rings is 1. The Bertz CT molecular complexity index is 1050. The van der Waals surface area contributed by atoms with Crippen LogP contribution in [0, 0.1) is 0 Å². The van der Waals surface area contributed by atoms with Crippen molar-refractivity contribution >= 4 is 56.7 Å². The predicted molar refractivity (Wildman–Crippen MR) is 121 cm³/mol. The minimum Gasteiger partial charge on any atom is -0.497 e. The third kappa shape index (κ3) is 6.29. The summed E-state index contributed by atoms with van der Waals surface area (Å²) in [4.78, 5) is 28.1. The lowest BCUT2D eigenvalue weighted by atomic mass is 10.1. The predicted octanol–water partition coefficient (Wildman–Crippen LogP) is 3.98. The van der Waals surface area contributed by atoms with E-state index in [2.05, 4.69) is 25.8 Å². The number of hydrogen-bond donors (Lipinski definition) is 2. The van der Waals surface area contributed by atoms with Crippen LogP contribution in [0.5, 0.6) is 11.5 Å². The molecule has 10 nitrogen and oxygen atoms in total. The number of aromatic nitrogens is 3. The standard InChI is InChI=1S/C18H19N5O5S3/c1-4-28-17(25)21-16-22-23-18(31-16)30-9-14(24)20-15-19-12(8-29-15)11-7-10(26-2)5-6-13(11)27-3/h5-8H,4,9H2,1-3H3,(H,19,20,24)(H,21,22,25). The fraction of sp³-hybridized carbons (Fsp3) is 0.278. The second-order valence-electron chi connectivity index (χ2n) is 5.66. The summed E-state index contributed by atoms with van der Waals surface area (Å²) in [6.45, 7) is 1.97. The quantitative estimate of drug-likeness (QED) is 0.345. The van der Waals surface area contributed by atoms with E-state index in [1.165, 1.54) is 23.1 Å². The summed E-state index contributed by atoms with van der Waals surface area (Å²) in [5.41, 5.74) is 1.44. The molecule has 0 aliphatic rings. The molecule has 0 saturated heterocycles.